The molecule has 0 aromatic heterocycles. The van der Waals surface area contributed by atoms with E-state index in [-0.39, 0.29) is 24.1 Å². The number of hydrogen-bond acceptors (Lipinski definition) is 2. The maximum Gasteiger partial charge on any atom is 0.229 e. The van der Waals surface area contributed by atoms with E-state index in [1.165, 1.54) is 12.1 Å². The molecule has 7 heteroatoms. The first-order chi connectivity index (χ1) is 12.4. The summed E-state index contributed by atoms with van der Waals surface area (Å²) in [6, 6.07) is 11.0. The predicted molar refractivity (Wildman–Crippen MR) is 99.9 cm³/mol. The van der Waals surface area contributed by atoms with Crippen molar-refractivity contribution in [3.05, 3.63) is 63.9 Å². The van der Waals surface area contributed by atoms with Crippen LogP contribution in [0.2, 0.25) is 10.0 Å². The number of carbonyl (C=O) groups is 2. The third kappa shape index (κ3) is 4.54. The van der Waals surface area contributed by atoms with E-state index in [4.69, 9.17) is 23.2 Å². The van der Waals surface area contributed by atoms with E-state index in [2.05, 4.69) is 5.32 Å². The molecule has 3 rings (SSSR count). The van der Waals surface area contributed by atoms with Gasteiger partial charge in [0.25, 0.3) is 0 Å². The number of carbonyl (C=O) groups excluding carboxylic acids is 2. The third-order valence-corrected chi connectivity index (χ3v) is 4.91. The maximum absolute atomic E-state index is 12.9. The minimum atomic E-state index is -0.428. The van der Waals surface area contributed by atoms with Gasteiger partial charge in [-0.25, -0.2) is 4.39 Å². The molecule has 1 aliphatic heterocycles. The molecule has 1 heterocycles. The van der Waals surface area contributed by atoms with Gasteiger partial charge in [-0.05, 0) is 42.3 Å². The van der Waals surface area contributed by atoms with Crippen molar-refractivity contribution in [3.63, 3.8) is 0 Å². The zero-order valence-corrected chi connectivity index (χ0v) is 15.4. The van der Waals surface area contributed by atoms with Crippen molar-refractivity contribution in [2.45, 2.75) is 12.8 Å². The largest absolute Gasteiger partial charge is 0.342 e. The number of amides is 2. The molecule has 1 aliphatic rings. The highest BCUT2D eigenvalue weighted by Gasteiger charge is 2.34. The summed E-state index contributed by atoms with van der Waals surface area (Å²) in [5.41, 5.74) is 1.42. The predicted octanol–water partition coefficient (Wildman–Crippen LogP) is 4.16. The summed E-state index contributed by atoms with van der Waals surface area (Å²) in [5, 5.41) is 3.58. The first-order valence-corrected chi connectivity index (χ1v) is 8.96. The van der Waals surface area contributed by atoms with Crippen LogP contribution in [0.3, 0.4) is 0 Å². The molecule has 0 spiro atoms. The molecule has 2 aromatic carbocycles. The highest BCUT2D eigenvalue weighted by molar-refractivity contribution is 6.36. The minimum Gasteiger partial charge on any atom is -0.342 e. The molecule has 2 aromatic rings. The molecular formula is C19H17Cl2FN2O2. The van der Waals surface area contributed by atoms with Crippen LogP contribution in [0.4, 0.5) is 10.1 Å². The van der Waals surface area contributed by atoms with Crippen LogP contribution in [0.25, 0.3) is 0 Å². The number of rotatable bonds is 5. The SMILES string of the molecule is O=C(Nc1ccc(Cl)cc1Cl)C1CC(=O)N(CCc2ccc(F)cc2)C1. The van der Waals surface area contributed by atoms with E-state index in [0.717, 1.165) is 5.56 Å². The Morgan fingerprint density at radius 3 is 2.62 bits per heavy atom. The first kappa shape index (κ1) is 18.7. The molecular weight excluding hydrogens is 378 g/mol. The minimum absolute atomic E-state index is 0.0607. The van der Waals surface area contributed by atoms with Crippen molar-refractivity contribution in [2.75, 3.05) is 18.4 Å². The Bertz CT molecular complexity index is 827. The van der Waals surface area contributed by atoms with Gasteiger partial charge in [0.1, 0.15) is 5.82 Å². The summed E-state index contributed by atoms with van der Waals surface area (Å²) < 4.78 is 12.9. The van der Waals surface area contributed by atoms with Gasteiger partial charge in [-0.15, -0.1) is 0 Å². The summed E-state index contributed by atoms with van der Waals surface area (Å²) in [4.78, 5) is 26.3. The Morgan fingerprint density at radius 2 is 1.92 bits per heavy atom. The lowest BCUT2D eigenvalue weighted by Crippen LogP contribution is -2.30. The van der Waals surface area contributed by atoms with Crippen molar-refractivity contribution >= 4 is 40.7 Å². The van der Waals surface area contributed by atoms with Crippen LogP contribution in [0.5, 0.6) is 0 Å². The Balaban J connectivity index is 1.56. The van der Waals surface area contributed by atoms with Crippen LogP contribution in [0.15, 0.2) is 42.5 Å². The molecule has 136 valence electrons. The fourth-order valence-electron chi connectivity index (χ4n) is 2.90. The Hall–Kier alpha value is -2.11. The van der Waals surface area contributed by atoms with Crippen LogP contribution in [0.1, 0.15) is 12.0 Å². The number of benzene rings is 2. The number of halogens is 3. The van der Waals surface area contributed by atoms with Crippen molar-refractivity contribution < 1.29 is 14.0 Å². The van der Waals surface area contributed by atoms with Crippen LogP contribution in [0, 0.1) is 11.7 Å². The van der Waals surface area contributed by atoms with E-state index in [0.29, 0.717) is 35.2 Å². The molecule has 2 amide bonds. The number of anilines is 1. The fourth-order valence-corrected chi connectivity index (χ4v) is 3.36. The van der Waals surface area contributed by atoms with E-state index in [1.54, 1.807) is 35.2 Å². The Morgan fingerprint density at radius 1 is 1.19 bits per heavy atom. The second-order valence-corrected chi connectivity index (χ2v) is 7.07. The third-order valence-electron chi connectivity index (χ3n) is 4.36. The average molecular weight is 395 g/mol. The number of likely N-dealkylation sites (tertiary alicyclic amines) is 1. The first-order valence-electron chi connectivity index (χ1n) is 8.20. The van der Waals surface area contributed by atoms with Gasteiger partial charge in [0.15, 0.2) is 0 Å². The van der Waals surface area contributed by atoms with Gasteiger partial charge < -0.3 is 10.2 Å². The molecule has 1 fully saturated rings. The van der Waals surface area contributed by atoms with Crippen LogP contribution in [-0.2, 0) is 16.0 Å². The number of hydrogen-bond donors (Lipinski definition) is 1. The highest BCUT2D eigenvalue weighted by atomic mass is 35.5. The Labute approximate surface area is 160 Å². The van der Waals surface area contributed by atoms with Crippen LogP contribution >= 0.6 is 23.2 Å². The summed E-state index contributed by atoms with van der Waals surface area (Å²) in [5.74, 6) is -1.02. The molecule has 0 aliphatic carbocycles. The molecule has 4 nitrogen and oxygen atoms in total. The smallest absolute Gasteiger partial charge is 0.229 e. The molecule has 0 saturated carbocycles. The lowest BCUT2D eigenvalue weighted by molar-refractivity contribution is -0.128. The zero-order chi connectivity index (χ0) is 18.7. The van der Waals surface area contributed by atoms with Crippen molar-refractivity contribution in [1.29, 1.82) is 0 Å². The standard InChI is InChI=1S/C19H17Cl2FN2O2/c20-14-3-6-17(16(21)10-14)23-19(26)13-9-18(25)24(11-13)8-7-12-1-4-15(22)5-2-12/h1-6,10,13H,7-9,11H2,(H,23,26). The lowest BCUT2D eigenvalue weighted by Gasteiger charge is -2.17. The van der Waals surface area contributed by atoms with Crippen molar-refractivity contribution in [1.82, 2.24) is 4.90 Å². The molecule has 0 radical (unpaired) electrons. The van der Waals surface area contributed by atoms with Gasteiger partial charge >= 0.3 is 0 Å². The van der Waals surface area contributed by atoms with E-state index >= 15 is 0 Å². The summed E-state index contributed by atoms with van der Waals surface area (Å²) in [6.45, 7) is 0.854. The lowest BCUT2D eigenvalue weighted by atomic mass is 10.1. The topological polar surface area (TPSA) is 49.4 Å². The van der Waals surface area contributed by atoms with Gasteiger partial charge in [-0.2, -0.15) is 0 Å². The molecule has 26 heavy (non-hydrogen) atoms. The average Bonchev–Trinajstić information content (AvgIpc) is 2.98. The van der Waals surface area contributed by atoms with E-state index < -0.39 is 5.92 Å². The van der Waals surface area contributed by atoms with E-state index in [1.807, 2.05) is 0 Å². The highest BCUT2D eigenvalue weighted by Crippen LogP contribution is 2.27. The zero-order valence-electron chi connectivity index (χ0n) is 13.8. The van der Waals surface area contributed by atoms with Crippen molar-refractivity contribution in [2.24, 2.45) is 5.92 Å². The van der Waals surface area contributed by atoms with Crippen LogP contribution in [-0.4, -0.2) is 29.8 Å². The fraction of sp³-hybridized carbons (Fsp3) is 0.263. The number of nitrogens with zero attached hydrogens (tertiary/aromatic N) is 1. The van der Waals surface area contributed by atoms with E-state index in [9.17, 15) is 14.0 Å². The quantitative estimate of drug-likeness (QED) is 0.827. The molecule has 0 bridgehead atoms. The number of nitrogens with one attached hydrogen (secondary N) is 1. The second kappa shape index (κ2) is 8.06. The van der Waals surface area contributed by atoms with Gasteiger partial charge in [-0.3, -0.25) is 9.59 Å². The molecule has 1 N–H and O–H groups in total. The summed E-state index contributed by atoms with van der Waals surface area (Å²) in [6.07, 6.45) is 0.782. The molecule has 1 unspecified atom stereocenters. The Kier molecular flexibility index (Phi) is 5.79. The normalized spacial score (nSPS) is 16.8. The van der Waals surface area contributed by atoms with Gasteiger partial charge in [0.05, 0.1) is 16.6 Å². The summed E-state index contributed by atoms with van der Waals surface area (Å²) in [7, 11) is 0. The molecule has 1 atom stereocenters. The molecule has 1 saturated heterocycles. The van der Waals surface area contributed by atoms with Gasteiger partial charge in [-0.1, -0.05) is 35.3 Å². The van der Waals surface area contributed by atoms with Gasteiger partial charge in [0.2, 0.25) is 11.8 Å². The second-order valence-electron chi connectivity index (χ2n) is 6.23. The maximum atomic E-state index is 12.9. The summed E-state index contributed by atoms with van der Waals surface area (Å²) >= 11 is 11.9. The van der Waals surface area contributed by atoms with Crippen LogP contribution < -0.4 is 5.32 Å². The monoisotopic (exact) mass is 394 g/mol. The van der Waals surface area contributed by atoms with Crippen molar-refractivity contribution in [3.8, 4) is 0 Å². The van der Waals surface area contributed by atoms with Gasteiger partial charge in [0, 0.05) is 24.5 Å².